The zero-order valence-electron chi connectivity index (χ0n) is 12.6. The van der Waals surface area contributed by atoms with Crippen LogP contribution in [0.4, 0.5) is 0 Å². The first-order valence-electron chi connectivity index (χ1n) is 7.77. The largest absolute Gasteiger partial charge is 0.376 e. The number of rotatable bonds is 9. The van der Waals surface area contributed by atoms with Gasteiger partial charge in [-0.1, -0.05) is 48.3 Å². The van der Waals surface area contributed by atoms with Gasteiger partial charge in [0.05, 0.1) is 6.61 Å². The average molecular weight is 340 g/mol. The van der Waals surface area contributed by atoms with Crippen LogP contribution in [-0.2, 0) is 17.9 Å². The molecule has 1 aliphatic rings. The summed E-state index contributed by atoms with van der Waals surface area (Å²) in [6.45, 7) is 7.00. The fraction of sp³-hybridized carbons (Fsp3) is 0.647. The Morgan fingerprint density at radius 3 is 2.85 bits per heavy atom. The molecule has 1 fully saturated rings. The van der Waals surface area contributed by atoms with Crippen LogP contribution in [0, 0.1) is 5.92 Å². The molecular weight excluding hydrogens is 314 g/mol. The van der Waals surface area contributed by atoms with Crippen LogP contribution in [0.25, 0.3) is 0 Å². The topological polar surface area (TPSA) is 21.3 Å². The van der Waals surface area contributed by atoms with Crippen LogP contribution in [0.2, 0.25) is 0 Å². The van der Waals surface area contributed by atoms with Crippen LogP contribution in [0.3, 0.4) is 0 Å². The minimum Gasteiger partial charge on any atom is -0.376 e. The summed E-state index contributed by atoms with van der Waals surface area (Å²) in [4.78, 5) is 0. The van der Waals surface area contributed by atoms with E-state index >= 15 is 0 Å². The average Bonchev–Trinajstić information content (AvgIpc) is 3.23. The van der Waals surface area contributed by atoms with Crippen molar-refractivity contribution in [2.24, 2.45) is 5.92 Å². The molecule has 1 aromatic rings. The van der Waals surface area contributed by atoms with Crippen LogP contribution in [0.5, 0.6) is 0 Å². The van der Waals surface area contributed by atoms with Crippen LogP contribution >= 0.6 is 15.9 Å². The second-order valence-electron chi connectivity index (χ2n) is 5.99. The molecule has 1 unspecified atom stereocenters. The third kappa shape index (κ3) is 5.55. The molecule has 1 saturated carbocycles. The van der Waals surface area contributed by atoms with E-state index in [-0.39, 0.29) is 0 Å². The summed E-state index contributed by atoms with van der Waals surface area (Å²) in [5.41, 5.74) is 2.58. The van der Waals surface area contributed by atoms with Crippen molar-refractivity contribution in [2.45, 2.75) is 58.7 Å². The van der Waals surface area contributed by atoms with Gasteiger partial charge in [-0.05, 0) is 42.4 Å². The second-order valence-corrected chi connectivity index (χ2v) is 6.84. The Hall–Kier alpha value is -0.380. The SMILES string of the molecule is CCCC(C)COCc1ccc(CNC2CC2)cc1Br. The number of ether oxygens (including phenoxy) is 1. The minimum absolute atomic E-state index is 0.654. The van der Waals surface area contributed by atoms with Gasteiger partial charge in [-0.2, -0.15) is 0 Å². The molecule has 0 aromatic heterocycles. The summed E-state index contributed by atoms with van der Waals surface area (Å²) in [6, 6.07) is 7.35. The fourth-order valence-corrected chi connectivity index (χ4v) is 2.85. The standard InChI is InChI=1S/C17H26BrNO/c1-3-4-13(2)11-20-12-15-6-5-14(9-17(15)18)10-19-16-7-8-16/h5-6,9,13,16,19H,3-4,7-8,10-12H2,1-2H3. The van der Waals surface area contributed by atoms with Crippen molar-refractivity contribution in [1.82, 2.24) is 5.32 Å². The second kappa shape index (κ2) is 8.16. The van der Waals surface area contributed by atoms with E-state index in [4.69, 9.17) is 4.74 Å². The highest BCUT2D eigenvalue weighted by Gasteiger charge is 2.19. The third-order valence-electron chi connectivity index (χ3n) is 3.73. The molecule has 3 heteroatoms. The lowest BCUT2D eigenvalue weighted by Crippen LogP contribution is -2.15. The quantitative estimate of drug-likeness (QED) is 0.706. The Kier molecular flexibility index (Phi) is 6.53. The zero-order valence-corrected chi connectivity index (χ0v) is 14.2. The van der Waals surface area contributed by atoms with E-state index in [2.05, 4.69) is 53.3 Å². The van der Waals surface area contributed by atoms with Gasteiger partial charge >= 0.3 is 0 Å². The molecule has 0 heterocycles. The van der Waals surface area contributed by atoms with Crippen LogP contribution in [-0.4, -0.2) is 12.6 Å². The first-order valence-corrected chi connectivity index (χ1v) is 8.56. The fourth-order valence-electron chi connectivity index (χ4n) is 2.31. The van der Waals surface area contributed by atoms with Crippen molar-refractivity contribution in [3.63, 3.8) is 0 Å². The van der Waals surface area contributed by atoms with Gasteiger partial charge in [-0.25, -0.2) is 0 Å². The number of halogens is 1. The molecule has 0 aliphatic heterocycles. The van der Waals surface area contributed by atoms with Crippen molar-refractivity contribution in [3.05, 3.63) is 33.8 Å². The number of hydrogen-bond acceptors (Lipinski definition) is 2. The Labute approximate surface area is 131 Å². The number of nitrogens with one attached hydrogen (secondary N) is 1. The molecule has 0 bridgehead atoms. The molecule has 1 aromatic carbocycles. The summed E-state index contributed by atoms with van der Waals surface area (Å²) in [7, 11) is 0. The lowest BCUT2D eigenvalue weighted by atomic mass is 10.1. The molecule has 1 aliphatic carbocycles. The lowest BCUT2D eigenvalue weighted by Gasteiger charge is -2.12. The third-order valence-corrected chi connectivity index (χ3v) is 4.47. The molecule has 1 N–H and O–H groups in total. The maximum atomic E-state index is 5.82. The first-order chi connectivity index (χ1) is 9.69. The zero-order chi connectivity index (χ0) is 14.4. The lowest BCUT2D eigenvalue weighted by molar-refractivity contribution is 0.0890. The summed E-state index contributed by atoms with van der Waals surface area (Å²) >= 11 is 3.66. The van der Waals surface area contributed by atoms with Crippen molar-refractivity contribution in [1.29, 1.82) is 0 Å². The van der Waals surface area contributed by atoms with Crippen LogP contribution in [0.1, 0.15) is 50.7 Å². The summed E-state index contributed by atoms with van der Waals surface area (Å²) in [6.07, 6.45) is 5.15. The van der Waals surface area contributed by atoms with E-state index in [1.807, 2.05) is 0 Å². The summed E-state index contributed by atoms with van der Waals surface area (Å²) in [5, 5.41) is 3.54. The summed E-state index contributed by atoms with van der Waals surface area (Å²) < 4.78 is 6.98. The minimum atomic E-state index is 0.654. The van der Waals surface area contributed by atoms with E-state index in [0.29, 0.717) is 12.5 Å². The maximum absolute atomic E-state index is 5.82. The van der Waals surface area contributed by atoms with Gasteiger partial charge in [0, 0.05) is 23.7 Å². The monoisotopic (exact) mass is 339 g/mol. The molecule has 0 amide bonds. The van der Waals surface area contributed by atoms with Gasteiger partial charge in [-0.3, -0.25) is 0 Å². The first kappa shape index (κ1) is 16.0. The highest BCUT2D eigenvalue weighted by atomic mass is 79.9. The van der Waals surface area contributed by atoms with E-state index in [0.717, 1.165) is 23.7 Å². The van der Waals surface area contributed by atoms with E-state index < -0.39 is 0 Å². The van der Waals surface area contributed by atoms with Gasteiger partial charge in [0.15, 0.2) is 0 Å². The molecule has 0 radical (unpaired) electrons. The Morgan fingerprint density at radius 2 is 2.20 bits per heavy atom. The number of benzene rings is 1. The number of hydrogen-bond donors (Lipinski definition) is 1. The van der Waals surface area contributed by atoms with E-state index in [9.17, 15) is 0 Å². The van der Waals surface area contributed by atoms with E-state index in [1.54, 1.807) is 0 Å². The van der Waals surface area contributed by atoms with Gasteiger partial charge in [0.1, 0.15) is 0 Å². The molecule has 0 saturated heterocycles. The normalized spacial score (nSPS) is 16.4. The van der Waals surface area contributed by atoms with Gasteiger partial charge in [0.25, 0.3) is 0 Å². The Bertz CT molecular complexity index is 417. The van der Waals surface area contributed by atoms with Crippen molar-refractivity contribution in [2.75, 3.05) is 6.61 Å². The van der Waals surface area contributed by atoms with Crippen molar-refractivity contribution < 1.29 is 4.74 Å². The van der Waals surface area contributed by atoms with Crippen molar-refractivity contribution in [3.8, 4) is 0 Å². The predicted molar refractivity (Wildman–Crippen MR) is 87.7 cm³/mol. The molecule has 20 heavy (non-hydrogen) atoms. The predicted octanol–water partition coefficient (Wildman–Crippen LogP) is 4.65. The van der Waals surface area contributed by atoms with Crippen molar-refractivity contribution >= 4 is 15.9 Å². The maximum Gasteiger partial charge on any atom is 0.0727 e. The highest BCUT2D eigenvalue weighted by Crippen LogP contribution is 2.22. The van der Waals surface area contributed by atoms with Crippen LogP contribution in [0.15, 0.2) is 22.7 Å². The molecule has 0 spiro atoms. The molecular formula is C17H26BrNO. The van der Waals surface area contributed by atoms with Crippen LogP contribution < -0.4 is 5.32 Å². The van der Waals surface area contributed by atoms with E-state index in [1.165, 1.54) is 36.8 Å². The Balaban J connectivity index is 1.76. The molecule has 112 valence electrons. The Morgan fingerprint density at radius 1 is 1.40 bits per heavy atom. The van der Waals surface area contributed by atoms with Gasteiger partial charge < -0.3 is 10.1 Å². The highest BCUT2D eigenvalue weighted by molar-refractivity contribution is 9.10. The molecule has 2 rings (SSSR count). The van der Waals surface area contributed by atoms with Gasteiger partial charge in [0.2, 0.25) is 0 Å². The summed E-state index contributed by atoms with van der Waals surface area (Å²) in [5.74, 6) is 0.654. The van der Waals surface area contributed by atoms with Gasteiger partial charge in [-0.15, -0.1) is 0 Å². The smallest absolute Gasteiger partial charge is 0.0727 e. The molecule has 2 nitrogen and oxygen atoms in total. The molecule has 1 atom stereocenters.